The number of fused-ring (bicyclic) bond motifs is 1. The van der Waals surface area contributed by atoms with Crippen molar-refractivity contribution in [2.45, 2.75) is 45.2 Å². The zero-order valence-corrected chi connectivity index (χ0v) is 18.1. The van der Waals surface area contributed by atoms with Crippen LogP contribution < -0.4 is 10.1 Å². The average Bonchev–Trinajstić information content (AvgIpc) is 3.39. The number of methoxy groups -OCH3 is 1. The topological polar surface area (TPSA) is 101 Å². The van der Waals surface area contributed by atoms with Crippen LogP contribution in [-0.2, 0) is 6.54 Å². The second-order valence-electron chi connectivity index (χ2n) is 8.27. The van der Waals surface area contributed by atoms with Crippen molar-refractivity contribution in [2.75, 3.05) is 25.6 Å². The highest BCUT2D eigenvalue weighted by molar-refractivity contribution is 6.10. The number of hydrogen-bond donors (Lipinski definition) is 2. The number of nitrogens with one attached hydrogen (secondary N) is 1. The number of benzene rings is 1. The maximum Gasteiger partial charge on any atom is 0.258 e. The summed E-state index contributed by atoms with van der Waals surface area (Å²) in [6, 6.07) is 7.61. The number of aliphatic hydroxyl groups is 1. The molecular weight excluding hydrogens is 396 g/mol. The number of carbonyl (C=O) groups is 1. The lowest BCUT2D eigenvalue weighted by Crippen LogP contribution is -2.32. The molecule has 2 heterocycles. The molecular formula is C23H28N4O4. The van der Waals surface area contributed by atoms with E-state index in [-0.39, 0.29) is 18.1 Å². The van der Waals surface area contributed by atoms with E-state index in [9.17, 15) is 9.90 Å². The van der Waals surface area contributed by atoms with Crippen LogP contribution in [0.4, 0.5) is 5.82 Å². The first kappa shape index (κ1) is 21.1. The van der Waals surface area contributed by atoms with Gasteiger partial charge in [-0.15, -0.1) is 0 Å². The van der Waals surface area contributed by atoms with Crippen LogP contribution in [0.1, 0.15) is 47.9 Å². The Morgan fingerprint density at radius 3 is 2.68 bits per heavy atom. The summed E-state index contributed by atoms with van der Waals surface area (Å²) in [7, 11) is 1.62. The van der Waals surface area contributed by atoms with E-state index in [2.05, 4.69) is 22.2 Å². The van der Waals surface area contributed by atoms with Gasteiger partial charge in [-0.25, -0.2) is 9.97 Å². The summed E-state index contributed by atoms with van der Waals surface area (Å²) in [6.07, 6.45) is 4.04. The Morgan fingerprint density at radius 1 is 1.29 bits per heavy atom. The summed E-state index contributed by atoms with van der Waals surface area (Å²) in [5.74, 6) is 1.72. The fourth-order valence-electron chi connectivity index (χ4n) is 3.62. The predicted octanol–water partition coefficient (Wildman–Crippen LogP) is 3.53. The van der Waals surface area contributed by atoms with Crippen LogP contribution in [0.15, 0.2) is 35.0 Å². The summed E-state index contributed by atoms with van der Waals surface area (Å²) in [5, 5.41) is 13.4. The van der Waals surface area contributed by atoms with E-state index in [1.54, 1.807) is 18.9 Å². The van der Waals surface area contributed by atoms with Gasteiger partial charge in [0.2, 0.25) is 5.71 Å². The molecule has 0 atom stereocenters. The van der Waals surface area contributed by atoms with Gasteiger partial charge in [-0.1, -0.05) is 12.1 Å². The summed E-state index contributed by atoms with van der Waals surface area (Å²) in [6.45, 7) is 4.73. The highest BCUT2D eigenvalue weighted by Crippen LogP contribution is 2.40. The number of hydrogen-bond acceptors (Lipinski definition) is 7. The van der Waals surface area contributed by atoms with Gasteiger partial charge < -0.3 is 24.5 Å². The number of furan rings is 1. The largest absolute Gasteiger partial charge is 0.497 e. The van der Waals surface area contributed by atoms with E-state index in [1.165, 1.54) is 6.33 Å². The van der Waals surface area contributed by atoms with Gasteiger partial charge in [-0.05, 0) is 50.8 Å². The van der Waals surface area contributed by atoms with Crippen molar-refractivity contribution < 1.29 is 19.1 Å². The molecule has 3 aromatic rings. The fourth-order valence-corrected chi connectivity index (χ4v) is 3.62. The predicted molar refractivity (Wildman–Crippen MR) is 117 cm³/mol. The summed E-state index contributed by atoms with van der Waals surface area (Å²) < 4.78 is 11.0. The molecule has 1 aliphatic carbocycles. The van der Waals surface area contributed by atoms with E-state index >= 15 is 0 Å². The summed E-state index contributed by atoms with van der Waals surface area (Å²) in [4.78, 5) is 24.1. The normalized spacial score (nSPS) is 14.5. The molecule has 2 N–H and O–H groups in total. The molecule has 31 heavy (non-hydrogen) atoms. The Hall–Kier alpha value is -3.13. The molecule has 1 amide bonds. The zero-order valence-electron chi connectivity index (χ0n) is 18.1. The maximum absolute atomic E-state index is 13.7. The Balaban J connectivity index is 1.69. The number of aryl methyl sites for hydroxylation is 1. The molecule has 0 aliphatic heterocycles. The van der Waals surface area contributed by atoms with Gasteiger partial charge in [0.25, 0.3) is 5.91 Å². The summed E-state index contributed by atoms with van der Waals surface area (Å²) in [5.41, 5.74) is 1.83. The maximum atomic E-state index is 13.7. The minimum atomic E-state index is -0.167. The minimum Gasteiger partial charge on any atom is -0.497 e. The highest BCUT2D eigenvalue weighted by atomic mass is 16.5. The second kappa shape index (κ2) is 8.55. The smallest absolute Gasteiger partial charge is 0.258 e. The van der Waals surface area contributed by atoms with Crippen molar-refractivity contribution in [3.63, 3.8) is 0 Å². The third-order valence-corrected chi connectivity index (χ3v) is 5.70. The van der Waals surface area contributed by atoms with E-state index < -0.39 is 0 Å². The lowest BCUT2D eigenvalue weighted by atomic mass is 10.1. The fraction of sp³-hybridized carbons (Fsp3) is 0.435. The average molecular weight is 425 g/mol. The highest BCUT2D eigenvalue weighted by Gasteiger charge is 2.38. The molecule has 0 saturated heterocycles. The lowest BCUT2D eigenvalue weighted by Gasteiger charge is -2.23. The molecule has 0 bridgehead atoms. The molecule has 8 nitrogen and oxygen atoms in total. The molecule has 0 spiro atoms. The van der Waals surface area contributed by atoms with E-state index in [4.69, 9.17) is 9.15 Å². The molecule has 2 aromatic heterocycles. The first-order chi connectivity index (χ1) is 14.9. The van der Waals surface area contributed by atoms with Crippen LogP contribution in [0.25, 0.3) is 11.1 Å². The van der Waals surface area contributed by atoms with Crippen molar-refractivity contribution in [2.24, 2.45) is 0 Å². The lowest BCUT2D eigenvalue weighted by molar-refractivity contribution is 0.0732. The third kappa shape index (κ3) is 4.49. The number of ether oxygens (including phenoxy) is 1. The molecule has 1 aromatic carbocycles. The van der Waals surface area contributed by atoms with Crippen LogP contribution in [0.5, 0.6) is 5.75 Å². The number of aromatic nitrogens is 2. The standard InChI is InChI=1S/C23H28N4O4/c1-15-18(19-20(26-23(2)9-10-23)24-14-25-21(19)31-15)22(29)27(11-4-12-28)13-16-5-7-17(30-3)8-6-16/h5-8,14,28H,4,9-13H2,1-3H3,(H,24,25,26). The van der Waals surface area contributed by atoms with Crippen LogP contribution in [0.2, 0.25) is 0 Å². The zero-order chi connectivity index (χ0) is 22.0. The van der Waals surface area contributed by atoms with Crippen LogP contribution in [0, 0.1) is 6.92 Å². The molecule has 0 unspecified atom stereocenters. The number of nitrogens with zero attached hydrogens (tertiary/aromatic N) is 3. The van der Waals surface area contributed by atoms with Crippen LogP contribution >= 0.6 is 0 Å². The Labute approximate surface area is 181 Å². The first-order valence-electron chi connectivity index (χ1n) is 10.5. The second-order valence-corrected chi connectivity index (χ2v) is 8.27. The number of aliphatic hydroxyl groups excluding tert-OH is 1. The molecule has 8 heteroatoms. The van der Waals surface area contributed by atoms with Gasteiger partial charge in [0, 0.05) is 25.2 Å². The molecule has 1 fully saturated rings. The molecule has 4 rings (SSSR count). The third-order valence-electron chi connectivity index (χ3n) is 5.70. The van der Waals surface area contributed by atoms with Crippen molar-refractivity contribution >= 4 is 22.8 Å². The van der Waals surface area contributed by atoms with Crippen molar-refractivity contribution in [1.29, 1.82) is 0 Å². The summed E-state index contributed by atoms with van der Waals surface area (Å²) >= 11 is 0. The monoisotopic (exact) mass is 424 g/mol. The number of amides is 1. The Bertz CT molecular complexity index is 1070. The van der Waals surface area contributed by atoms with Crippen LogP contribution in [0.3, 0.4) is 0 Å². The SMILES string of the molecule is COc1ccc(CN(CCCO)C(=O)c2c(C)oc3ncnc(NC4(C)CC4)c23)cc1. The van der Waals surface area contributed by atoms with E-state index in [0.29, 0.717) is 47.8 Å². The molecule has 0 radical (unpaired) electrons. The van der Waals surface area contributed by atoms with E-state index in [0.717, 1.165) is 24.2 Å². The van der Waals surface area contributed by atoms with Gasteiger partial charge in [0.05, 0.1) is 18.1 Å². The minimum absolute atomic E-state index is 0.00573. The number of carbonyl (C=O) groups excluding carboxylic acids is 1. The van der Waals surface area contributed by atoms with Crippen LogP contribution in [-0.4, -0.2) is 51.7 Å². The molecule has 1 aliphatic rings. The van der Waals surface area contributed by atoms with Gasteiger partial charge in [0.1, 0.15) is 23.7 Å². The molecule has 164 valence electrons. The van der Waals surface area contributed by atoms with Crippen molar-refractivity contribution in [3.05, 3.63) is 47.5 Å². The van der Waals surface area contributed by atoms with Crippen molar-refractivity contribution in [1.82, 2.24) is 14.9 Å². The first-order valence-corrected chi connectivity index (χ1v) is 10.5. The number of rotatable bonds is 9. The van der Waals surface area contributed by atoms with Gasteiger partial charge in [-0.2, -0.15) is 0 Å². The van der Waals surface area contributed by atoms with Gasteiger partial charge >= 0.3 is 0 Å². The Kier molecular flexibility index (Phi) is 5.82. The Morgan fingerprint density at radius 2 is 2.03 bits per heavy atom. The number of anilines is 1. The molecule has 1 saturated carbocycles. The van der Waals surface area contributed by atoms with E-state index in [1.807, 2.05) is 24.3 Å². The quantitative estimate of drug-likeness (QED) is 0.542. The van der Waals surface area contributed by atoms with Gasteiger partial charge in [0.15, 0.2) is 0 Å². The van der Waals surface area contributed by atoms with Gasteiger partial charge in [-0.3, -0.25) is 4.79 Å². The van der Waals surface area contributed by atoms with Crippen molar-refractivity contribution in [3.8, 4) is 5.75 Å².